The van der Waals surface area contributed by atoms with Gasteiger partial charge in [-0.1, -0.05) is 59.1 Å². The number of carbonyl (C=O) groups is 2. The highest BCUT2D eigenvalue weighted by Crippen LogP contribution is 2.24. The van der Waals surface area contributed by atoms with Crippen LogP contribution < -0.4 is 5.32 Å². The molecule has 29 heavy (non-hydrogen) atoms. The number of nitrogens with one attached hydrogen (secondary N) is 1. The summed E-state index contributed by atoms with van der Waals surface area (Å²) >= 11 is 18.3. The van der Waals surface area contributed by atoms with Crippen molar-refractivity contribution in [3.63, 3.8) is 0 Å². The molecule has 0 spiro atoms. The van der Waals surface area contributed by atoms with Gasteiger partial charge in [-0.05, 0) is 57.0 Å². The minimum atomic E-state index is -0.680. The van der Waals surface area contributed by atoms with Crippen LogP contribution in [0.15, 0.2) is 42.5 Å². The third-order valence-corrected chi connectivity index (χ3v) is 5.41. The van der Waals surface area contributed by atoms with Gasteiger partial charge in [0.25, 0.3) is 0 Å². The second-order valence-electron chi connectivity index (χ2n) is 7.95. The Morgan fingerprint density at radius 3 is 2.24 bits per heavy atom. The van der Waals surface area contributed by atoms with Gasteiger partial charge in [0.15, 0.2) is 0 Å². The van der Waals surface area contributed by atoms with E-state index in [1.165, 1.54) is 4.90 Å². The molecule has 0 aromatic heterocycles. The van der Waals surface area contributed by atoms with E-state index in [4.69, 9.17) is 34.8 Å². The number of hydrogen-bond donors (Lipinski definition) is 1. The molecule has 2 aromatic carbocycles. The van der Waals surface area contributed by atoms with Crippen LogP contribution in [-0.2, 0) is 22.6 Å². The minimum Gasteiger partial charge on any atom is -0.350 e. The van der Waals surface area contributed by atoms with Crippen LogP contribution in [-0.4, -0.2) is 28.3 Å². The lowest BCUT2D eigenvalue weighted by Gasteiger charge is -2.31. The van der Waals surface area contributed by atoms with Gasteiger partial charge < -0.3 is 10.2 Å². The molecule has 0 fully saturated rings. The highest BCUT2D eigenvalue weighted by atomic mass is 35.5. The zero-order chi connectivity index (χ0) is 21.8. The fraction of sp³-hybridized carbons (Fsp3) is 0.364. The predicted molar refractivity (Wildman–Crippen MR) is 120 cm³/mol. The van der Waals surface area contributed by atoms with E-state index in [1.54, 1.807) is 31.2 Å². The quantitative estimate of drug-likeness (QED) is 0.623. The third kappa shape index (κ3) is 6.91. The summed E-state index contributed by atoms with van der Waals surface area (Å²) in [6.07, 6.45) is 0.0917. The number of amides is 2. The summed E-state index contributed by atoms with van der Waals surface area (Å²) in [6, 6.07) is 11.7. The van der Waals surface area contributed by atoms with E-state index in [1.807, 2.05) is 39.0 Å². The fourth-order valence-corrected chi connectivity index (χ4v) is 3.31. The summed E-state index contributed by atoms with van der Waals surface area (Å²) in [5.41, 5.74) is 1.08. The van der Waals surface area contributed by atoms with Crippen molar-refractivity contribution in [2.24, 2.45) is 0 Å². The Morgan fingerprint density at radius 2 is 1.66 bits per heavy atom. The molecule has 0 aliphatic carbocycles. The van der Waals surface area contributed by atoms with E-state index in [0.717, 1.165) is 11.1 Å². The van der Waals surface area contributed by atoms with Crippen molar-refractivity contribution in [3.05, 3.63) is 68.7 Å². The van der Waals surface area contributed by atoms with Gasteiger partial charge in [-0.15, -0.1) is 0 Å². The Kier molecular flexibility index (Phi) is 7.98. The van der Waals surface area contributed by atoms with Crippen molar-refractivity contribution < 1.29 is 9.59 Å². The molecule has 0 aliphatic heterocycles. The molecular formula is C22H25Cl3N2O2. The highest BCUT2D eigenvalue weighted by Gasteiger charge is 2.28. The molecular weight excluding hydrogens is 431 g/mol. The lowest BCUT2D eigenvalue weighted by atomic mass is 10.1. The summed E-state index contributed by atoms with van der Waals surface area (Å²) in [5.74, 6) is -0.438. The van der Waals surface area contributed by atoms with Crippen molar-refractivity contribution >= 4 is 46.6 Å². The molecule has 0 unspecified atom stereocenters. The average molecular weight is 456 g/mol. The summed E-state index contributed by atoms with van der Waals surface area (Å²) in [4.78, 5) is 27.4. The number of halogens is 3. The molecule has 0 saturated carbocycles. The van der Waals surface area contributed by atoms with E-state index in [-0.39, 0.29) is 24.8 Å². The molecule has 2 amide bonds. The van der Waals surface area contributed by atoms with E-state index in [0.29, 0.717) is 15.1 Å². The Morgan fingerprint density at radius 1 is 1.00 bits per heavy atom. The summed E-state index contributed by atoms with van der Waals surface area (Å²) in [5, 5.41) is 4.28. The molecule has 4 nitrogen and oxygen atoms in total. The van der Waals surface area contributed by atoms with Gasteiger partial charge in [-0.3, -0.25) is 9.59 Å². The SMILES string of the molecule is C[C@H](C(=O)NC(C)(C)C)N(Cc1ccccc1Cl)C(=O)Cc1ccc(Cl)c(Cl)c1. The topological polar surface area (TPSA) is 49.4 Å². The molecule has 0 radical (unpaired) electrons. The number of hydrogen-bond acceptors (Lipinski definition) is 2. The van der Waals surface area contributed by atoms with Crippen molar-refractivity contribution in [1.82, 2.24) is 10.2 Å². The average Bonchev–Trinajstić information content (AvgIpc) is 2.62. The largest absolute Gasteiger partial charge is 0.350 e. The molecule has 0 aliphatic rings. The molecule has 2 rings (SSSR count). The zero-order valence-electron chi connectivity index (χ0n) is 16.9. The maximum atomic E-state index is 13.2. The highest BCUT2D eigenvalue weighted by molar-refractivity contribution is 6.42. The van der Waals surface area contributed by atoms with E-state index in [2.05, 4.69) is 5.32 Å². The van der Waals surface area contributed by atoms with Crippen LogP contribution in [0.5, 0.6) is 0 Å². The van der Waals surface area contributed by atoms with Gasteiger partial charge in [-0.25, -0.2) is 0 Å². The van der Waals surface area contributed by atoms with Gasteiger partial charge in [0.05, 0.1) is 16.5 Å². The first-order valence-electron chi connectivity index (χ1n) is 9.27. The molecule has 7 heteroatoms. The molecule has 156 valence electrons. The standard InChI is InChI=1S/C22H25Cl3N2O2/c1-14(21(29)26-22(2,3)4)27(13-16-7-5-6-8-17(16)23)20(28)12-15-9-10-18(24)19(25)11-15/h5-11,14H,12-13H2,1-4H3,(H,26,29)/t14-/m1/s1. The lowest BCUT2D eigenvalue weighted by molar-refractivity contribution is -0.140. The second-order valence-corrected chi connectivity index (χ2v) is 9.18. The fourth-order valence-electron chi connectivity index (χ4n) is 2.79. The van der Waals surface area contributed by atoms with Crippen LogP contribution >= 0.6 is 34.8 Å². The van der Waals surface area contributed by atoms with Gasteiger partial charge in [0.2, 0.25) is 11.8 Å². The number of rotatable bonds is 6. The van der Waals surface area contributed by atoms with Gasteiger partial charge in [-0.2, -0.15) is 0 Å². The third-order valence-electron chi connectivity index (χ3n) is 4.30. The first kappa shape index (κ1) is 23.5. The van der Waals surface area contributed by atoms with Gasteiger partial charge >= 0.3 is 0 Å². The molecule has 1 atom stereocenters. The monoisotopic (exact) mass is 454 g/mol. The Balaban J connectivity index is 2.29. The molecule has 0 saturated heterocycles. The van der Waals surface area contributed by atoms with Gasteiger partial charge in [0.1, 0.15) is 6.04 Å². The second kappa shape index (κ2) is 9.84. The zero-order valence-corrected chi connectivity index (χ0v) is 19.2. The van der Waals surface area contributed by atoms with Crippen LogP contribution in [0.4, 0.5) is 0 Å². The van der Waals surface area contributed by atoms with Crippen molar-refractivity contribution in [2.45, 2.75) is 52.2 Å². The Hall–Kier alpha value is -1.75. The first-order chi connectivity index (χ1) is 13.5. The summed E-state index contributed by atoms with van der Waals surface area (Å²) < 4.78 is 0. The number of nitrogens with zero attached hydrogens (tertiary/aromatic N) is 1. The van der Waals surface area contributed by atoms with Crippen LogP contribution in [0.1, 0.15) is 38.8 Å². The van der Waals surface area contributed by atoms with Crippen LogP contribution in [0.25, 0.3) is 0 Å². The predicted octanol–water partition coefficient (Wildman–Crippen LogP) is 5.52. The minimum absolute atomic E-state index is 0.0917. The maximum Gasteiger partial charge on any atom is 0.242 e. The molecule has 0 bridgehead atoms. The van der Waals surface area contributed by atoms with E-state index in [9.17, 15) is 9.59 Å². The smallest absolute Gasteiger partial charge is 0.242 e. The summed E-state index contributed by atoms with van der Waals surface area (Å²) in [6.45, 7) is 7.62. The lowest BCUT2D eigenvalue weighted by Crippen LogP contribution is -2.52. The maximum absolute atomic E-state index is 13.2. The molecule has 2 aromatic rings. The van der Waals surface area contributed by atoms with Crippen molar-refractivity contribution in [1.29, 1.82) is 0 Å². The van der Waals surface area contributed by atoms with Crippen LogP contribution in [0.2, 0.25) is 15.1 Å². The van der Waals surface area contributed by atoms with E-state index < -0.39 is 11.6 Å². The van der Waals surface area contributed by atoms with Crippen LogP contribution in [0, 0.1) is 0 Å². The molecule has 1 N–H and O–H groups in total. The van der Waals surface area contributed by atoms with Crippen molar-refractivity contribution in [2.75, 3.05) is 0 Å². The van der Waals surface area contributed by atoms with E-state index >= 15 is 0 Å². The van der Waals surface area contributed by atoms with Gasteiger partial charge in [0, 0.05) is 17.1 Å². The Labute approximate surface area is 187 Å². The van der Waals surface area contributed by atoms with Crippen LogP contribution in [0.3, 0.4) is 0 Å². The number of benzene rings is 2. The summed E-state index contributed by atoms with van der Waals surface area (Å²) in [7, 11) is 0. The first-order valence-corrected chi connectivity index (χ1v) is 10.4. The molecule has 0 heterocycles. The Bertz CT molecular complexity index is 894. The normalized spacial score (nSPS) is 12.4. The number of carbonyl (C=O) groups excluding carboxylic acids is 2. The van der Waals surface area contributed by atoms with Crippen molar-refractivity contribution in [3.8, 4) is 0 Å².